The third-order valence-corrected chi connectivity index (χ3v) is 3.77. The summed E-state index contributed by atoms with van der Waals surface area (Å²) in [5.41, 5.74) is -0.387. The van der Waals surface area contributed by atoms with E-state index in [1.165, 1.54) is 24.0 Å². The molecule has 0 aliphatic rings. The first-order valence-electron chi connectivity index (χ1n) is 7.07. The quantitative estimate of drug-likeness (QED) is 0.364. The molecule has 1 heterocycles. The lowest BCUT2D eigenvalue weighted by molar-refractivity contribution is -0.385. The van der Waals surface area contributed by atoms with Crippen LogP contribution in [0.4, 0.5) is 5.69 Å². The van der Waals surface area contributed by atoms with Crippen molar-refractivity contribution in [3.63, 3.8) is 0 Å². The van der Waals surface area contributed by atoms with Crippen molar-refractivity contribution in [1.82, 2.24) is 14.9 Å². The average molecular weight is 347 g/mol. The van der Waals surface area contributed by atoms with E-state index in [1.807, 2.05) is 20.8 Å². The molecule has 0 atom stereocenters. The second-order valence-electron chi connectivity index (χ2n) is 5.96. The molecule has 0 fully saturated rings. The highest BCUT2D eigenvalue weighted by atomic mass is 32.2. The molecule has 9 heteroatoms. The van der Waals surface area contributed by atoms with Crippen LogP contribution in [0.15, 0.2) is 39.3 Å². The maximum atomic E-state index is 12.6. The number of hydrogen-bond acceptors (Lipinski definition) is 7. The zero-order chi connectivity index (χ0) is 17.9. The van der Waals surface area contributed by atoms with Gasteiger partial charge in [-0.1, -0.05) is 44.7 Å². The van der Waals surface area contributed by atoms with Gasteiger partial charge < -0.3 is 0 Å². The molecule has 24 heavy (non-hydrogen) atoms. The van der Waals surface area contributed by atoms with Crippen molar-refractivity contribution in [1.29, 1.82) is 0 Å². The molecular formula is C15H17N5O3S. The van der Waals surface area contributed by atoms with E-state index in [9.17, 15) is 14.9 Å². The summed E-state index contributed by atoms with van der Waals surface area (Å²) in [6, 6.07) is 6.17. The van der Waals surface area contributed by atoms with Crippen molar-refractivity contribution in [3.8, 4) is 0 Å². The summed E-state index contributed by atoms with van der Waals surface area (Å²) in [5, 5.41) is 23.5. The monoisotopic (exact) mass is 347 g/mol. The van der Waals surface area contributed by atoms with Crippen LogP contribution in [0, 0.1) is 10.1 Å². The number of nitrogens with zero attached hydrogens (tertiary/aromatic N) is 5. The summed E-state index contributed by atoms with van der Waals surface area (Å²) in [4.78, 5) is 23.2. The number of thioether (sulfide) groups is 1. The van der Waals surface area contributed by atoms with Crippen LogP contribution in [0.3, 0.4) is 0 Å². The van der Waals surface area contributed by atoms with Crippen LogP contribution < -0.4 is 5.56 Å². The Kier molecular flexibility index (Phi) is 5.13. The van der Waals surface area contributed by atoms with Gasteiger partial charge in [-0.3, -0.25) is 14.9 Å². The minimum Gasteiger partial charge on any atom is -0.265 e. The highest BCUT2D eigenvalue weighted by molar-refractivity contribution is 7.98. The molecule has 0 N–H and O–H groups in total. The molecule has 0 saturated heterocycles. The van der Waals surface area contributed by atoms with Gasteiger partial charge in [-0.05, 0) is 12.3 Å². The van der Waals surface area contributed by atoms with Crippen LogP contribution in [0.1, 0.15) is 32.0 Å². The molecule has 0 spiro atoms. The first kappa shape index (κ1) is 17.8. The van der Waals surface area contributed by atoms with Gasteiger partial charge in [0.25, 0.3) is 11.2 Å². The number of benzene rings is 1. The number of hydrogen-bond donors (Lipinski definition) is 0. The van der Waals surface area contributed by atoms with Crippen molar-refractivity contribution >= 4 is 23.7 Å². The highest BCUT2D eigenvalue weighted by Crippen LogP contribution is 2.18. The largest absolute Gasteiger partial charge is 0.297 e. The fourth-order valence-electron chi connectivity index (χ4n) is 1.95. The predicted molar refractivity (Wildman–Crippen MR) is 92.9 cm³/mol. The lowest BCUT2D eigenvalue weighted by Crippen LogP contribution is -2.32. The Morgan fingerprint density at radius 3 is 2.54 bits per heavy atom. The van der Waals surface area contributed by atoms with Crippen LogP contribution >= 0.6 is 11.8 Å². The summed E-state index contributed by atoms with van der Waals surface area (Å²) < 4.78 is 1.12. The van der Waals surface area contributed by atoms with E-state index in [1.54, 1.807) is 24.5 Å². The molecule has 0 aliphatic heterocycles. The Balaban J connectivity index is 2.57. The van der Waals surface area contributed by atoms with Gasteiger partial charge in [-0.2, -0.15) is 9.78 Å². The van der Waals surface area contributed by atoms with Crippen LogP contribution in [-0.4, -0.2) is 32.3 Å². The third-order valence-electron chi connectivity index (χ3n) is 3.15. The van der Waals surface area contributed by atoms with Crippen molar-refractivity contribution in [2.45, 2.75) is 31.3 Å². The average Bonchev–Trinajstić information content (AvgIpc) is 2.52. The molecule has 0 aliphatic carbocycles. The molecule has 2 rings (SSSR count). The number of para-hydroxylation sites is 1. The van der Waals surface area contributed by atoms with Gasteiger partial charge in [0.15, 0.2) is 0 Å². The molecule has 8 nitrogen and oxygen atoms in total. The summed E-state index contributed by atoms with van der Waals surface area (Å²) in [6.45, 7) is 5.56. The minimum atomic E-state index is -0.495. The van der Waals surface area contributed by atoms with Crippen LogP contribution in [0.2, 0.25) is 0 Å². The van der Waals surface area contributed by atoms with Gasteiger partial charge in [-0.15, -0.1) is 10.2 Å². The maximum Gasteiger partial charge on any atom is 0.297 e. The Bertz CT molecular complexity index is 855. The fraction of sp³-hybridized carbons (Fsp3) is 0.333. The molecule has 2 aromatic rings. The van der Waals surface area contributed by atoms with Crippen molar-refractivity contribution in [2.75, 3.05) is 6.26 Å². The van der Waals surface area contributed by atoms with Gasteiger partial charge in [0, 0.05) is 11.5 Å². The minimum absolute atomic E-state index is 0.0851. The standard InChI is InChI=1S/C15H17N5O3S/c1-15(2,3)12-13(21)19(14(24-4)18-17-12)16-9-10-7-5-6-8-11(10)20(22)23/h5-9H,1-4H3. The normalized spacial score (nSPS) is 11.8. The molecule has 0 radical (unpaired) electrons. The van der Waals surface area contributed by atoms with Crippen LogP contribution in [-0.2, 0) is 5.41 Å². The topological polar surface area (TPSA) is 103 Å². The first-order chi connectivity index (χ1) is 11.3. The van der Waals surface area contributed by atoms with Crippen molar-refractivity contribution < 1.29 is 4.92 Å². The smallest absolute Gasteiger partial charge is 0.265 e. The molecule has 0 amide bonds. The van der Waals surface area contributed by atoms with Gasteiger partial charge >= 0.3 is 0 Å². The second kappa shape index (κ2) is 6.91. The van der Waals surface area contributed by atoms with E-state index >= 15 is 0 Å². The Hall–Kier alpha value is -2.55. The van der Waals surface area contributed by atoms with E-state index in [0.29, 0.717) is 10.7 Å². The number of rotatable bonds is 4. The summed E-state index contributed by atoms with van der Waals surface area (Å²) in [7, 11) is 0. The van der Waals surface area contributed by atoms with Crippen LogP contribution in [0.25, 0.3) is 0 Å². The Labute approximate surface area is 142 Å². The molecule has 1 aromatic carbocycles. The third kappa shape index (κ3) is 3.67. The second-order valence-corrected chi connectivity index (χ2v) is 6.74. The zero-order valence-corrected chi connectivity index (χ0v) is 14.6. The predicted octanol–water partition coefficient (Wildman–Crippen LogP) is 2.45. The molecule has 0 unspecified atom stereocenters. The summed E-state index contributed by atoms with van der Waals surface area (Å²) in [6.07, 6.45) is 3.03. The molecular weight excluding hydrogens is 330 g/mol. The molecule has 0 saturated carbocycles. The van der Waals surface area contributed by atoms with E-state index in [-0.39, 0.29) is 11.4 Å². The van der Waals surface area contributed by atoms with Crippen LogP contribution in [0.5, 0.6) is 0 Å². The van der Waals surface area contributed by atoms with E-state index < -0.39 is 15.9 Å². The zero-order valence-electron chi connectivity index (χ0n) is 13.8. The fourth-order valence-corrected chi connectivity index (χ4v) is 2.37. The summed E-state index contributed by atoms with van der Waals surface area (Å²) in [5.74, 6) is 0. The SMILES string of the molecule is CSc1nnc(C(C)(C)C)c(=O)n1N=Cc1ccccc1[N+](=O)[O-]. The maximum absolute atomic E-state index is 12.6. The highest BCUT2D eigenvalue weighted by Gasteiger charge is 2.23. The van der Waals surface area contributed by atoms with Gasteiger partial charge in [0.2, 0.25) is 5.16 Å². The van der Waals surface area contributed by atoms with Gasteiger partial charge in [0.05, 0.1) is 16.7 Å². The van der Waals surface area contributed by atoms with Gasteiger partial charge in [-0.25, -0.2) is 0 Å². The van der Waals surface area contributed by atoms with E-state index in [2.05, 4.69) is 15.3 Å². The number of aromatic nitrogens is 3. The van der Waals surface area contributed by atoms with Gasteiger partial charge in [0.1, 0.15) is 5.69 Å². The first-order valence-corrected chi connectivity index (χ1v) is 8.30. The lowest BCUT2D eigenvalue weighted by Gasteiger charge is -2.16. The lowest BCUT2D eigenvalue weighted by atomic mass is 9.93. The molecule has 126 valence electrons. The molecule has 1 aromatic heterocycles. The molecule has 0 bridgehead atoms. The Morgan fingerprint density at radius 1 is 1.29 bits per heavy atom. The van der Waals surface area contributed by atoms with E-state index in [4.69, 9.17) is 0 Å². The summed E-state index contributed by atoms with van der Waals surface area (Å²) >= 11 is 1.22. The van der Waals surface area contributed by atoms with E-state index in [0.717, 1.165) is 4.68 Å². The van der Waals surface area contributed by atoms with Crippen molar-refractivity contribution in [3.05, 3.63) is 56.0 Å². The number of nitro groups is 1. The van der Waals surface area contributed by atoms with Crippen molar-refractivity contribution in [2.24, 2.45) is 5.10 Å². The Morgan fingerprint density at radius 2 is 1.96 bits per heavy atom. The number of nitro benzene ring substituents is 1.